The first kappa shape index (κ1) is 12.8. The van der Waals surface area contributed by atoms with Crippen LogP contribution in [0.3, 0.4) is 0 Å². The van der Waals surface area contributed by atoms with Crippen LogP contribution in [-0.2, 0) is 4.79 Å². The number of carbonyl (C=O) groups is 1. The lowest BCUT2D eigenvalue weighted by atomic mass is 9.93. The van der Waals surface area contributed by atoms with Crippen LogP contribution in [0.25, 0.3) is 0 Å². The molecule has 0 aromatic rings. The largest absolute Gasteiger partial charge is 0.393 e. The van der Waals surface area contributed by atoms with Gasteiger partial charge in [0.25, 0.3) is 0 Å². The summed E-state index contributed by atoms with van der Waals surface area (Å²) in [5, 5.41) is 13.0. The van der Waals surface area contributed by atoms with Crippen LogP contribution in [0.2, 0.25) is 0 Å². The standard InChI is InChI=1S/C13H24N2O2/c1-10-9-15(6-4-12(10)16)13(17)7-11-3-2-5-14-8-11/h10-12,14,16H,2-9H2,1H3. The lowest BCUT2D eigenvalue weighted by Gasteiger charge is -2.35. The molecule has 0 radical (unpaired) electrons. The van der Waals surface area contributed by atoms with Crippen molar-refractivity contribution in [3.63, 3.8) is 0 Å². The van der Waals surface area contributed by atoms with Crippen molar-refractivity contribution in [1.82, 2.24) is 10.2 Å². The summed E-state index contributed by atoms with van der Waals surface area (Å²) < 4.78 is 0. The van der Waals surface area contributed by atoms with Crippen molar-refractivity contribution in [2.75, 3.05) is 26.2 Å². The van der Waals surface area contributed by atoms with Gasteiger partial charge in [0.2, 0.25) is 5.91 Å². The van der Waals surface area contributed by atoms with Crippen molar-refractivity contribution in [3.05, 3.63) is 0 Å². The van der Waals surface area contributed by atoms with Gasteiger partial charge < -0.3 is 15.3 Å². The van der Waals surface area contributed by atoms with E-state index < -0.39 is 0 Å². The zero-order valence-corrected chi connectivity index (χ0v) is 10.7. The number of hydrogen-bond acceptors (Lipinski definition) is 3. The highest BCUT2D eigenvalue weighted by Crippen LogP contribution is 2.20. The van der Waals surface area contributed by atoms with Gasteiger partial charge in [-0.05, 0) is 44.2 Å². The molecule has 2 rings (SSSR count). The lowest BCUT2D eigenvalue weighted by Crippen LogP contribution is -2.46. The molecule has 0 saturated carbocycles. The van der Waals surface area contributed by atoms with E-state index in [0.29, 0.717) is 12.3 Å². The van der Waals surface area contributed by atoms with Crippen molar-refractivity contribution in [2.24, 2.45) is 11.8 Å². The number of nitrogens with one attached hydrogen (secondary N) is 1. The fourth-order valence-electron chi connectivity index (χ4n) is 2.83. The maximum atomic E-state index is 12.1. The van der Waals surface area contributed by atoms with E-state index in [4.69, 9.17) is 0 Å². The van der Waals surface area contributed by atoms with Crippen LogP contribution in [0.1, 0.15) is 32.6 Å². The van der Waals surface area contributed by atoms with Gasteiger partial charge in [0, 0.05) is 19.5 Å². The van der Waals surface area contributed by atoms with Gasteiger partial charge in [-0.2, -0.15) is 0 Å². The van der Waals surface area contributed by atoms with E-state index in [-0.39, 0.29) is 17.9 Å². The Labute approximate surface area is 103 Å². The number of aliphatic hydroxyl groups is 1. The van der Waals surface area contributed by atoms with Gasteiger partial charge in [0.05, 0.1) is 6.10 Å². The fraction of sp³-hybridized carbons (Fsp3) is 0.923. The summed E-state index contributed by atoms with van der Waals surface area (Å²) >= 11 is 0. The third-order valence-electron chi connectivity index (χ3n) is 4.07. The maximum Gasteiger partial charge on any atom is 0.222 e. The quantitative estimate of drug-likeness (QED) is 0.743. The van der Waals surface area contributed by atoms with Crippen LogP contribution in [-0.4, -0.2) is 48.2 Å². The number of piperidine rings is 2. The Balaban J connectivity index is 1.79. The fourth-order valence-corrected chi connectivity index (χ4v) is 2.83. The molecule has 98 valence electrons. The van der Waals surface area contributed by atoms with Crippen LogP contribution in [0.4, 0.5) is 0 Å². The predicted molar refractivity (Wildman–Crippen MR) is 66.6 cm³/mol. The van der Waals surface area contributed by atoms with Gasteiger partial charge in [0.1, 0.15) is 0 Å². The first-order valence-electron chi connectivity index (χ1n) is 6.83. The van der Waals surface area contributed by atoms with Gasteiger partial charge in [0.15, 0.2) is 0 Å². The average Bonchev–Trinajstić information content (AvgIpc) is 2.34. The monoisotopic (exact) mass is 240 g/mol. The van der Waals surface area contributed by atoms with Crippen molar-refractivity contribution in [3.8, 4) is 0 Å². The van der Waals surface area contributed by atoms with Crippen molar-refractivity contribution < 1.29 is 9.90 Å². The second-order valence-corrected chi connectivity index (χ2v) is 5.59. The molecule has 4 heteroatoms. The van der Waals surface area contributed by atoms with Crippen LogP contribution in [0.5, 0.6) is 0 Å². The van der Waals surface area contributed by atoms with E-state index >= 15 is 0 Å². The third-order valence-corrected chi connectivity index (χ3v) is 4.07. The molecular weight excluding hydrogens is 216 g/mol. The SMILES string of the molecule is CC1CN(C(=O)CC2CCCNC2)CCC1O. The molecule has 0 aromatic carbocycles. The molecule has 4 nitrogen and oxygen atoms in total. The van der Waals surface area contributed by atoms with E-state index in [1.807, 2.05) is 11.8 Å². The first-order chi connectivity index (χ1) is 8.16. The Morgan fingerprint density at radius 3 is 2.94 bits per heavy atom. The van der Waals surface area contributed by atoms with Crippen LogP contribution >= 0.6 is 0 Å². The van der Waals surface area contributed by atoms with Gasteiger partial charge in [-0.15, -0.1) is 0 Å². The summed E-state index contributed by atoms with van der Waals surface area (Å²) in [7, 11) is 0. The molecule has 2 fully saturated rings. The molecule has 2 aliphatic rings. The Morgan fingerprint density at radius 2 is 2.29 bits per heavy atom. The Bertz CT molecular complexity index is 264. The minimum absolute atomic E-state index is 0.220. The molecule has 2 heterocycles. The highest BCUT2D eigenvalue weighted by molar-refractivity contribution is 5.76. The Kier molecular flexibility index (Phi) is 4.40. The Morgan fingerprint density at radius 1 is 1.47 bits per heavy atom. The summed E-state index contributed by atoms with van der Waals surface area (Å²) in [6, 6.07) is 0. The van der Waals surface area contributed by atoms with Gasteiger partial charge >= 0.3 is 0 Å². The predicted octanol–water partition coefficient (Wildman–Crippen LogP) is 0.605. The summed E-state index contributed by atoms with van der Waals surface area (Å²) in [5.74, 6) is 1.01. The molecule has 2 saturated heterocycles. The number of amides is 1. The molecule has 3 atom stereocenters. The summed E-state index contributed by atoms with van der Waals surface area (Å²) in [6.45, 7) is 5.55. The van der Waals surface area contributed by atoms with Crippen LogP contribution in [0.15, 0.2) is 0 Å². The lowest BCUT2D eigenvalue weighted by molar-refractivity contribution is -0.135. The normalized spacial score (nSPS) is 34.7. The maximum absolute atomic E-state index is 12.1. The number of rotatable bonds is 2. The van der Waals surface area contributed by atoms with Crippen molar-refractivity contribution in [1.29, 1.82) is 0 Å². The minimum Gasteiger partial charge on any atom is -0.393 e. The van der Waals surface area contributed by atoms with Crippen LogP contribution in [0, 0.1) is 11.8 Å². The molecule has 1 amide bonds. The number of aliphatic hydroxyl groups excluding tert-OH is 1. The van der Waals surface area contributed by atoms with E-state index in [9.17, 15) is 9.90 Å². The number of hydrogen-bond donors (Lipinski definition) is 2. The van der Waals surface area contributed by atoms with Gasteiger partial charge in [-0.25, -0.2) is 0 Å². The third kappa shape index (κ3) is 3.42. The molecular formula is C13H24N2O2. The van der Waals surface area contributed by atoms with Crippen molar-refractivity contribution in [2.45, 2.75) is 38.7 Å². The molecule has 0 aromatic heterocycles. The molecule has 2 aliphatic heterocycles. The van der Waals surface area contributed by atoms with E-state index in [0.717, 1.165) is 32.6 Å². The second kappa shape index (κ2) is 5.83. The second-order valence-electron chi connectivity index (χ2n) is 5.59. The smallest absolute Gasteiger partial charge is 0.222 e. The van der Waals surface area contributed by atoms with Crippen LogP contribution < -0.4 is 5.32 Å². The summed E-state index contributed by atoms with van der Waals surface area (Å²) in [6.07, 6.45) is 3.54. The Hall–Kier alpha value is -0.610. The molecule has 3 unspecified atom stereocenters. The van der Waals surface area contributed by atoms with Crippen molar-refractivity contribution >= 4 is 5.91 Å². The zero-order valence-electron chi connectivity index (χ0n) is 10.7. The first-order valence-corrected chi connectivity index (χ1v) is 6.83. The van der Waals surface area contributed by atoms with E-state index in [1.54, 1.807) is 0 Å². The highest BCUT2D eigenvalue weighted by Gasteiger charge is 2.28. The summed E-state index contributed by atoms with van der Waals surface area (Å²) in [5.41, 5.74) is 0. The number of carbonyl (C=O) groups excluding carboxylic acids is 1. The zero-order chi connectivity index (χ0) is 12.3. The van der Waals surface area contributed by atoms with Gasteiger partial charge in [-0.1, -0.05) is 6.92 Å². The van der Waals surface area contributed by atoms with E-state index in [2.05, 4.69) is 5.32 Å². The number of nitrogens with zero attached hydrogens (tertiary/aromatic N) is 1. The minimum atomic E-state index is -0.226. The highest BCUT2D eigenvalue weighted by atomic mass is 16.3. The molecule has 0 aliphatic carbocycles. The number of likely N-dealkylation sites (tertiary alicyclic amines) is 1. The summed E-state index contributed by atoms with van der Waals surface area (Å²) in [4.78, 5) is 14.1. The average molecular weight is 240 g/mol. The molecule has 0 bridgehead atoms. The molecule has 0 spiro atoms. The van der Waals surface area contributed by atoms with Gasteiger partial charge in [-0.3, -0.25) is 4.79 Å². The molecule has 2 N–H and O–H groups in total. The van der Waals surface area contributed by atoms with E-state index in [1.165, 1.54) is 12.8 Å². The topological polar surface area (TPSA) is 52.6 Å². The molecule has 17 heavy (non-hydrogen) atoms.